The van der Waals surface area contributed by atoms with E-state index in [2.05, 4.69) is 29.8 Å². The Balaban J connectivity index is 1.52. The van der Waals surface area contributed by atoms with Crippen molar-refractivity contribution in [1.29, 1.82) is 0 Å². The molecule has 0 spiro atoms. The number of ketones is 2. The SMILES string of the molecule is CCCC(NC(=O)[C@@H]1[C@@H]2[C@H](CN1C(=O)[C@@H](NC(=O)N[C@H](C(=O)C1CC1)C1CCCCC1)C(C)(C)C)C2(C)C)C(=O)C(N)=O. The van der Waals surface area contributed by atoms with Crippen LogP contribution in [0.2, 0.25) is 0 Å². The zero-order chi connectivity index (χ0) is 31.9. The van der Waals surface area contributed by atoms with Gasteiger partial charge in [-0.2, -0.15) is 0 Å². The molecule has 43 heavy (non-hydrogen) atoms. The van der Waals surface area contributed by atoms with Crippen molar-refractivity contribution in [2.45, 2.75) is 123 Å². The number of amides is 5. The van der Waals surface area contributed by atoms with Crippen LogP contribution in [0, 0.1) is 34.5 Å². The van der Waals surface area contributed by atoms with Gasteiger partial charge in [0.1, 0.15) is 12.1 Å². The lowest BCUT2D eigenvalue weighted by Gasteiger charge is -2.38. The molecule has 5 N–H and O–H groups in total. The number of primary amides is 1. The summed E-state index contributed by atoms with van der Waals surface area (Å²) in [5, 5.41) is 8.54. The molecule has 0 aromatic heterocycles. The van der Waals surface area contributed by atoms with Crippen molar-refractivity contribution in [3.8, 4) is 0 Å². The van der Waals surface area contributed by atoms with E-state index in [1.807, 2.05) is 27.7 Å². The van der Waals surface area contributed by atoms with Gasteiger partial charge in [-0.05, 0) is 60.7 Å². The summed E-state index contributed by atoms with van der Waals surface area (Å²) in [6.45, 7) is 11.8. The number of nitrogens with two attached hydrogens (primary N) is 1. The summed E-state index contributed by atoms with van der Waals surface area (Å²) in [5.41, 5.74) is 4.35. The molecule has 0 bridgehead atoms. The number of Topliss-reactive ketones (excluding diaryl/α,β-unsaturated/α-hetero) is 2. The lowest BCUT2D eigenvalue weighted by Crippen LogP contribution is -2.62. The quantitative estimate of drug-likeness (QED) is 0.251. The highest BCUT2D eigenvalue weighted by Crippen LogP contribution is 2.65. The fourth-order valence-corrected chi connectivity index (χ4v) is 7.44. The standard InChI is InChI=1S/C32H51N5O6/c1-7-11-20(25(39)27(33)40)34-28(41)23-21-19(32(21,5)6)16-37(23)29(42)26(31(2,3)4)36-30(43)35-22(24(38)18-14-15-18)17-12-9-8-10-13-17/h17-23,26H,7-16H2,1-6H3,(H2,33,40)(H,34,41)(H2,35,36,43)/t19-,20?,21-,22-,23-,26+/m0/s1. The Morgan fingerprint density at radius 2 is 1.56 bits per heavy atom. The van der Waals surface area contributed by atoms with E-state index in [-0.39, 0.29) is 47.2 Å². The van der Waals surface area contributed by atoms with Gasteiger partial charge in [0.15, 0.2) is 5.78 Å². The van der Waals surface area contributed by atoms with Crippen LogP contribution in [0.4, 0.5) is 4.79 Å². The van der Waals surface area contributed by atoms with Crippen LogP contribution in [0.1, 0.15) is 99.3 Å². The fourth-order valence-electron chi connectivity index (χ4n) is 7.44. The summed E-state index contributed by atoms with van der Waals surface area (Å²) in [4.78, 5) is 80.1. The first-order valence-electron chi connectivity index (χ1n) is 16.1. The Bertz CT molecular complexity index is 1140. The van der Waals surface area contributed by atoms with E-state index in [1.165, 1.54) is 4.90 Å². The smallest absolute Gasteiger partial charge is 0.316 e. The van der Waals surface area contributed by atoms with Crippen LogP contribution in [-0.2, 0) is 24.0 Å². The number of hydrogen-bond donors (Lipinski definition) is 4. The summed E-state index contributed by atoms with van der Waals surface area (Å²) >= 11 is 0. The highest BCUT2D eigenvalue weighted by atomic mass is 16.2. The lowest BCUT2D eigenvalue weighted by atomic mass is 9.81. The maximum absolute atomic E-state index is 14.2. The van der Waals surface area contributed by atoms with E-state index >= 15 is 0 Å². The fraction of sp³-hybridized carbons (Fsp3) is 0.812. The molecule has 6 atom stereocenters. The topological polar surface area (TPSA) is 168 Å². The van der Waals surface area contributed by atoms with Crippen LogP contribution in [0.3, 0.4) is 0 Å². The van der Waals surface area contributed by atoms with Gasteiger partial charge in [0.05, 0.1) is 12.1 Å². The van der Waals surface area contributed by atoms with Gasteiger partial charge >= 0.3 is 6.03 Å². The lowest BCUT2D eigenvalue weighted by molar-refractivity contribution is -0.145. The number of nitrogens with one attached hydrogen (secondary N) is 3. The van der Waals surface area contributed by atoms with Crippen LogP contribution >= 0.6 is 0 Å². The van der Waals surface area contributed by atoms with Crippen molar-refractivity contribution in [1.82, 2.24) is 20.9 Å². The van der Waals surface area contributed by atoms with Gasteiger partial charge < -0.3 is 26.6 Å². The van der Waals surface area contributed by atoms with Crippen LogP contribution in [0.25, 0.3) is 0 Å². The second-order valence-electron chi connectivity index (χ2n) is 14.9. The molecule has 1 saturated heterocycles. The van der Waals surface area contributed by atoms with Gasteiger partial charge in [0.25, 0.3) is 5.91 Å². The molecule has 1 unspecified atom stereocenters. The first-order valence-corrected chi connectivity index (χ1v) is 16.1. The number of likely N-dealkylation sites (tertiary alicyclic amines) is 1. The Labute approximate surface area is 255 Å². The zero-order valence-electron chi connectivity index (χ0n) is 26.7. The molecule has 0 aromatic rings. The summed E-state index contributed by atoms with van der Waals surface area (Å²) in [5.74, 6) is -2.71. The van der Waals surface area contributed by atoms with Crippen molar-refractivity contribution < 1.29 is 28.8 Å². The number of fused-ring (bicyclic) bond motifs is 1. The van der Waals surface area contributed by atoms with Crippen molar-refractivity contribution in [2.24, 2.45) is 40.2 Å². The molecule has 4 rings (SSSR count). The minimum Gasteiger partial charge on any atom is -0.363 e. The minimum atomic E-state index is -1.11. The van der Waals surface area contributed by atoms with E-state index in [0.29, 0.717) is 13.0 Å². The summed E-state index contributed by atoms with van der Waals surface area (Å²) in [6, 6.07) is -4.01. The van der Waals surface area contributed by atoms with Gasteiger partial charge in [-0.1, -0.05) is 67.2 Å². The average Bonchev–Trinajstić information content (AvgIpc) is 3.82. The third kappa shape index (κ3) is 7.06. The van der Waals surface area contributed by atoms with Gasteiger partial charge in [0, 0.05) is 12.5 Å². The molecular formula is C32H51N5O6. The van der Waals surface area contributed by atoms with Gasteiger partial charge in [-0.3, -0.25) is 24.0 Å². The number of piperidine rings is 1. The molecule has 240 valence electrons. The molecular weight excluding hydrogens is 550 g/mol. The van der Waals surface area contributed by atoms with Crippen molar-refractivity contribution in [3.05, 3.63) is 0 Å². The monoisotopic (exact) mass is 601 g/mol. The maximum Gasteiger partial charge on any atom is 0.316 e. The molecule has 0 aromatic carbocycles. The molecule has 3 aliphatic carbocycles. The zero-order valence-corrected chi connectivity index (χ0v) is 26.7. The molecule has 4 fully saturated rings. The third-order valence-electron chi connectivity index (χ3n) is 10.3. The van der Waals surface area contributed by atoms with E-state index < -0.39 is 53.2 Å². The predicted molar refractivity (Wildman–Crippen MR) is 160 cm³/mol. The Morgan fingerprint density at radius 1 is 0.930 bits per heavy atom. The van der Waals surface area contributed by atoms with E-state index in [9.17, 15) is 28.8 Å². The highest BCUT2D eigenvalue weighted by molar-refractivity contribution is 6.37. The van der Waals surface area contributed by atoms with E-state index in [4.69, 9.17) is 5.73 Å². The third-order valence-corrected chi connectivity index (χ3v) is 10.3. The second kappa shape index (κ2) is 12.6. The molecule has 11 nitrogen and oxygen atoms in total. The summed E-state index contributed by atoms with van der Waals surface area (Å²) < 4.78 is 0. The van der Waals surface area contributed by atoms with Crippen LogP contribution in [-0.4, -0.2) is 70.9 Å². The predicted octanol–water partition coefficient (Wildman–Crippen LogP) is 2.45. The van der Waals surface area contributed by atoms with Crippen LogP contribution in [0.5, 0.6) is 0 Å². The second-order valence-corrected chi connectivity index (χ2v) is 14.9. The van der Waals surface area contributed by atoms with Gasteiger partial charge in [0.2, 0.25) is 17.6 Å². The first kappa shape index (κ1) is 32.9. The maximum atomic E-state index is 14.2. The first-order chi connectivity index (χ1) is 20.1. The number of urea groups is 1. The Kier molecular flexibility index (Phi) is 9.61. The number of rotatable bonds is 12. The molecule has 3 saturated carbocycles. The molecule has 1 aliphatic heterocycles. The van der Waals surface area contributed by atoms with Crippen LogP contribution < -0.4 is 21.7 Å². The number of nitrogens with zero attached hydrogens (tertiary/aromatic N) is 1. The Morgan fingerprint density at radius 3 is 2.09 bits per heavy atom. The highest BCUT2D eigenvalue weighted by Gasteiger charge is 2.70. The molecule has 1 heterocycles. The molecule has 5 amide bonds. The van der Waals surface area contributed by atoms with Gasteiger partial charge in [-0.25, -0.2) is 4.79 Å². The summed E-state index contributed by atoms with van der Waals surface area (Å²) in [7, 11) is 0. The van der Waals surface area contributed by atoms with E-state index in [0.717, 1.165) is 44.9 Å². The van der Waals surface area contributed by atoms with Crippen LogP contribution in [0.15, 0.2) is 0 Å². The largest absolute Gasteiger partial charge is 0.363 e. The van der Waals surface area contributed by atoms with Gasteiger partial charge in [-0.15, -0.1) is 0 Å². The van der Waals surface area contributed by atoms with E-state index in [1.54, 1.807) is 0 Å². The molecule has 0 radical (unpaired) electrons. The van der Waals surface area contributed by atoms with Crippen molar-refractivity contribution >= 4 is 35.3 Å². The normalized spacial score (nSPS) is 26.8. The number of carbonyl (C=O) groups is 6. The number of hydrogen-bond acceptors (Lipinski definition) is 6. The summed E-state index contributed by atoms with van der Waals surface area (Å²) in [6.07, 6.45) is 7.50. The Hall–Kier alpha value is -2.98. The van der Waals surface area contributed by atoms with Crippen molar-refractivity contribution in [2.75, 3.05) is 6.54 Å². The van der Waals surface area contributed by atoms with Crippen molar-refractivity contribution in [3.63, 3.8) is 0 Å². The average molecular weight is 602 g/mol. The number of carbonyl (C=O) groups excluding carboxylic acids is 6. The minimum absolute atomic E-state index is 0.00389. The molecule has 4 aliphatic rings. The molecule has 11 heteroatoms.